The van der Waals surface area contributed by atoms with Crippen LogP contribution in [0.2, 0.25) is 0 Å². The molecule has 0 unspecified atom stereocenters. The Bertz CT molecular complexity index is 535. The molecule has 7 heteroatoms. The van der Waals surface area contributed by atoms with Crippen LogP contribution in [-0.4, -0.2) is 32.6 Å². The van der Waals surface area contributed by atoms with E-state index >= 15 is 0 Å². The third-order valence-corrected chi connectivity index (χ3v) is 2.39. The number of aromatic nitrogens is 3. The second-order valence-corrected chi connectivity index (χ2v) is 3.32. The fourth-order valence-corrected chi connectivity index (χ4v) is 1.67. The van der Waals surface area contributed by atoms with Crippen LogP contribution in [0.3, 0.4) is 0 Å². The smallest absolute Gasteiger partial charge is 0.422 e. The highest BCUT2D eigenvalue weighted by Gasteiger charge is 2.21. The maximum atomic E-state index is 13.5. The molecule has 2 rings (SSSR count). The van der Waals surface area contributed by atoms with Crippen molar-refractivity contribution < 1.29 is 14.4 Å². The molecule has 16 heavy (non-hydrogen) atoms. The van der Waals surface area contributed by atoms with Gasteiger partial charge in [0.05, 0.1) is 5.52 Å². The Morgan fingerprint density at radius 3 is 2.69 bits per heavy atom. The van der Waals surface area contributed by atoms with Crippen molar-refractivity contribution in [3.63, 3.8) is 0 Å². The van der Waals surface area contributed by atoms with Crippen molar-refractivity contribution in [2.45, 2.75) is 13.3 Å². The molecule has 0 aliphatic rings. The topological polar surface area (TPSA) is 79.1 Å². The average Bonchev–Trinajstić information content (AvgIpc) is 2.28. The summed E-state index contributed by atoms with van der Waals surface area (Å²) in [5.41, 5.74) is 0.695. The van der Waals surface area contributed by atoms with Crippen LogP contribution in [0.15, 0.2) is 12.1 Å². The third kappa shape index (κ3) is 1.64. The summed E-state index contributed by atoms with van der Waals surface area (Å²) in [6, 6.07) is 2.72. The lowest BCUT2D eigenvalue weighted by atomic mass is 9.81. The molecule has 0 atom stereocenters. The van der Waals surface area contributed by atoms with Gasteiger partial charge in [0.2, 0.25) is 0 Å². The fourth-order valence-electron chi connectivity index (χ4n) is 1.67. The molecule has 0 spiro atoms. The number of nitrogens with zero attached hydrogens (tertiary/aromatic N) is 3. The molecule has 1 aromatic heterocycles. The molecule has 0 fully saturated rings. The minimum Gasteiger partial charge on any atom is -0.422 e. The molecule has 0 saturated carbocycles. The Labute approximate surface area is 91.1 Å². The standard InChI is InChI=1S/C9H9BFN3O2/c1-2-5-6(11)3-4-7-8(5)9(10(15)16)13-14-12-7/h3-4,15-16H,2H2,1H3. The van der Waals surface area contributed by atoms with Crippen LogP contribution in [0, 0.1) is 5.82 Å². The molecule has 0 aliphatic carbocycles. The highest BCUT2D eigenvalue weighted by atomic mass is 19.1. The number of halogens is 1. The molecule has 1 aromatic carbocycles. The van der Waals surface area contributed by atoms with Crippen molar-refractivity contribution in [3.8, 4) is 0 Å². The Balaban J connectivity index is 2.87. The second-order valence-electron chi connectivity index (χ2n) is 3.32. The summed E-state index contributed by atoms with van der Waals surface area (Å²) < 4.78 is 13.5. The molecule has 0 saturated heterocycles. The first kappa shape index (κ1) is 10.9. The molecule has 0 aliphatic heterocycles. The van der Waals surface area contributed by atoms with E-state index in [1.54, 1.807) is 6.92 Å². The van der Waals surface area contributed by atoms with E-state index < -0.39 is 12.9 Å². The zero-order chi connectivity index (χ0) is 11.7. The van der Waals surface area contributed by atoms with E-state index in [1.165, 1.54) is 12.1 Å². The van der Waals surface area contributed by atoms with Crippen molar-refractivity contribution >= 4 is 23.6 Å². The lowest BCUT2D eigenvalue weighted by Gasteiger charge is -2.07. The fraction of sp³-hybridized carbons (Fsp3) is 0.222. The van der Waals surface area contributed by atoms with E-state index in [0.29, 0.717) is 22.9 Å². The van der Waals surface area contributed by atoms with E-state index in [-0.39, 0.29) is 5.59 Å². The van der Waals surface area contributed by atoms with Gasteiger partial charge in [-0.2, -0.15) is 0 Å². The number of hydrogen-bond donors (Lipinski definition) is 2. The van der Waals surface area contributed by atoms with Crippen molar-refractivity contribution in [1.82, 2.24) is 15.4 Å². The van der Waals surface area contributed by atoms with Crippen molar-refractivity contribution in [2.24, 2.45) is 0 Å². The Morgan fingerprint density at radius 1 is 1.31 bits per heavy atom. The number of fused-ring (bicyclic) bond motifs is 1. The van der Waals surface area contributed by atoms with Crippen molar-refractivity contribution in [3.05, 3.63) is 23.5 Å². The van der Waals surface area contributed by atoms with Crippen LogP contribution in [0.5, 0.6) is 0 Å². The van der Waals surface area contributed by atoms with E-state index in [9.17, 15) is 4.39 Å². The Kier molecular flexibility index (Phi) is 2.80. The van der Waals surface area contributed by atoms with Gasteiger partial charge in [-0.05, 0) is 29.3 Å². The predicted molar refractivity (Wildman–Crippen MR) is 56.5 cm³/mol. The molecular weight excluding hydrogens is 212 g/mol. The number of benzene rings is 1. The summed E-state index contributed by atoms with van der Waals surface area (Å²) >= 11 is 0. The van der Waals surface area contributed by atoms with Gasteiger partial charge >= 0.3 is 7.12 Å². The monoisotopic (exact) mass is 221 g/mol. The van der Waals surface area contributed by atoms with Gasteiger partial charge in [-0.25, -0.2) is 4.39 Å². The largest absolute Gasteiger partial charge is 0.510 e. The van der Waals surface area contributed by atoms with Gasteiger partial charge in [-0.1, -0.05) is 6.92 Å². The van der Waals surface area contributed by atoms with Crippen molar-refractivity contribution in [2.75, 3.05) is 0 Å². The first-order valence-corrected chi connectivity index (χ1v) is 4.81. The van der Waals surface area contributed by atoms with Crippen LogP contribution in [0.4, 0.5) is 4.39 Å². The predicted octanol–water partition coefficient (Wildman–Crippen LogP) is -0.594. The SMILES string of the molecule is CCc1c(F)ccc2nnnc(B(O)O)c12. The summed E-state index contributed by atoms with van der Waals surface area (Å²) in [5.74, 6) is -0.410. The van der Waals surface area contributed by atoms with Gasteiger partial charge < -0.3 is 10.0 Å². The second kappa shape index (κ2) is 4.11. The van der Waals surface area contributed by atoms with Crippen LogP contribution in [0.25, 0.3) is 10.9 Å². The van der Waals surface area contributed by atoms with Crippen LogP contribution < -0.4 is 5.59 Å². The van der Waals surface area contributed by atoms with Crippen LogP contribution >= 0.6 is 0 Å². The maximum Gasteiger partial charge on any atom is 0.510 e. The van der Waals surface area contributed by atoms with Crippen LogP contribution in [-0.2, 0) is 6.42 Å². The van der Waals surface area contributed by atoms with Gasteiger partial charge in [0, 0.05) is 5.39 Å². The minimum absolute atomic E-state index is 0.0682. The average molecular weight is 221 g/mol. The summed E-state index contributed by atoms with van der Waals surface area (Å²) in [7, 11) is -1.79. The highest BCUT2D eigenvalue weighted by molar-refractivity contribution is 6.60. The van der Waals surface area contributed by atoms with Gasteiger partial charge in [0.25, 0.3) is 0 Å². The van der Waals surface area contributed by atoms with Gasteiger partial charge in [0.15, 0.2) is 0 Å². The lowest BCUT2D eigenvalue weighted by Crippen LogP contribution is -2.35. The zero-order valence-corrected chi connectivity index (χ0v) is 8.55. The molecule has 0 amide bonds. The zero-order valence-electron chi connectivity index (χ0n) is 8.55. The third-order valence-electron chi connectivity index (χ3n) is 2.39. The minimum atomic E-state index is -1.79. The van der Waals surface area contributed by atoms with E-state index in [4.69, 9.17) is 10.0 Å². The van der Waals surface area contributed by atoms with Gasteiger partial charge in [-0.3, -0.25) is 0 Å². The molecule has 2 N–H and O–H groups in total. The molecule has 2 aromatic rings. The molecule has 0 bridgehead atoms. The highest BCUT2D eigenvalue weighted by Crippen LogP contribution is 2.18. The first-order valence-electron chi connectivity index (χ1n) is 4.81. The van der Waals surface area contributed by atoms with E-state index in [1.807, 2.05) is 0 Å². The summed E-state index contributed by atoms with van der Waals surface area (Å²) in [6.45, 7) is 1.77. The van der Waals surface area contributed by atoms with E-state index in [2.05, 4.69) is 15.4 Å². The first-order chi connectivity index (χ1) is 7.65. The molecule has 0 radical (unpaired) electrons. The summed E-state index contributed by atoms with van der Waals surface area (Å²) in [5, 5.41) is 29.2. The molecule has 5 nitrogen and oxygen atoms in total. The quantitative estimate of drug-likeness (QED) is 0.662. The molecule has 82 valence electrons. The molecule has 1 heterocycles. The Hall–Kier alpha value is -1.60. The van der Waals surface area contributed by atoms with E-state index in [0.717, 1.165) is 0 Å². The van der Waals surface area contributed by atoms with Gasteiger partial charge in [-0.15, -0.1) is 10.2 Å². The summed E-state index contributed by atoms with van der Waals surface area (Å²) in [4.78, 5) is 0. The van der Waals surface area contributed by atoms with Crippen molar-refractivity contribution in [1.29, 1.82) is 0 Å². The van der Waals surface area contributed by atoms with Gasteiger partial charge in [0.1, 0.15) is 11.4 Å². The maximum absolute atomic E-state index is 13.5. The number of rotatable bonds is 2. The van der Waals surface area contributed by atoms with Crippen LogP contribution in [0.1, 0.15) is 12.5 Å². The summed E-state index contributed by atoms with van der Waals surface area (Å²) in [6.07, 6.45) is 0.413. The molecular formula is C9H9BFN3O2. The normalized spacial score (nSPS) is 10.8. The number of hydrogen-bond acceptors (Lipinski definition) is 5. The Morgan fingerprint density at radius 2 is 2.06 bits per heavy atom. The number of aryl methyl sites for hydroxylation is 1. The lowest BCUT2D eigenvalue weighted by molar-refractivity contribution is 0.424.